The van der Waals surface area contributed by atoms with Gasteiger partial charge >= 0.3 is 0 Å². The molecule has 0 aliphatic rings. The van der Waals surface area contributed by atoms with Crippen LogP contribution in [0.5, 0.6) is 5.75 Å². The lowest BCUT2D eigenvalue weighted by molar-refractivity contribution is 0.101. The predicted molar refractivity (Wildman–Crippen MR) is 81.3 cm³/mol. The molecule has 0 saturated carbocycles. The van der Waals surface area contributed by atoms with Crippen LogP contribution in [-0.4, -0.2) is 12.9 Å². The standard InChI is InChI=1S/C15H13BrO2S/c1-10(17)12-9-11(16)7-8-14(12)19-15-6-4-3-5-13(15)18-2/h3-9H,1-2H3. The fourth-order valence-corrected chi connectivity index (χ4v) is 3.13. The SMILES string of the molecule is COc1ccccc1Sc1ccc(Br)cc1C(C)=O. The Bertz CT molecular complexity index is 611. The van der Waals surface area contributed by atoms with Gasteiger partial charge < -0.3 is 4.74 Å². The van der Waals surface area contributed by atoms with E-state index in [1.165, 1.54) is 11.8 Å². The molecule has 0 atom stereocenters. The molecule has 2 aromatic rings. The Hall–Kier alpha value is -1.26. The summed E-state index contributed by atoms with van der Waals surface area (Å²) in [5.41, 5.74) is 0.713. The monoisotopic (exact) mass is 336 g/mol. The summed E-state index contributed by atoms with van der Waals surface area (Å²) in [4.78, 5) is 13.6. The van der Waals surface area contributed by atoms with Crippen molar-refractivity contribution in [2.24, 2.45) is 0 Å². The van der Waals surface area contributed by atoms with Crippen LogP contribution in [0.2, 0.25) is 0 Å². The van der Waals surface area contributed by atoms with Gasteiger partial charge in [0.1, 0.15) is 5.75 Å². The summed E-state index contributed by atoms with van der Waals surface area (Å²) < 4.78 is 6.23. The number of hydrogen-bond acceptors (Lipinski definition) is 3. The number of para-hydroxylation sites is 1. The molecular weight excluding hydrogens is 324 g/mol. The third kappa shape index (κ3) is 3.39. The Morgan fingerprint density at radius 3 is 2.58 bits per heavy atom. The number of methoxy groups -OCH3 is 1. The van der Waals surface area contributed by atoms with Crippen LogP contribution in [0, 0.1) is 0 Å². The topological polar surface area (TPSA) is 26.3 Å². The van der Waals surface area contributed by atoms with Crippen LogP contribution in [-0.2, 0) is 0 Å². The largest absolute Gasteiger partial charge is 0.496 e. The highest BCUT2D eigenvalue weighted by molar-refractivity contribution is 9.10. The van der Waals surface area contributed by atoms with Gasteiger partial charge in [0.25, 0.3) is 0 Å². The quantitative estimate of drug-likeness (QED) is 0.749. The fraction of sp³-hybridized carbons (Fsp3) is 0.133. The zero-order chi connectivity index (χ0) is 13.8. The van der Waals surface area contributed by atoms with Crippen molar-refractivity contribution < 1.29 is 9.53 Å². The molecule has 0 saturated heterocycles. The lowest BCUT2D eigenvalue weighted by Gasteiger charge is -2.10. The van der Waals surface area contributed by atoms with Gasteiger partial charge in [0, 0.05) is 14.9 Å². The fourth-order valence-electron chi connectivity index (χ4n) is 1.69. The summed E-state index contributed by atoms with van der Waals surface area (Å²) in [5, 5.41) is 0. The van der Waals surface area contributed by atoms with Crippen LogP contribution in [0.1, 0.15) is 17.3 Å². The third-order valence-electron chi connectivity index (χ3n) is 2.61. The molecule has 0 bridgehead atoms. The molecule has 2 rings (SSSR count). The molecule has 0 spiro atoms. The smallest absolute Gasteiger partial charge is 0.160 e. The molecule has 4 heteroatoms. The number of benzene rings is 2. The van der Waals surface area contributed by atoms with Gasteiger partial charge in [-0.25, -0.2) is 0 Å². The molecule has 98 valence electrons. The minimum Gasteiger partial charge on any atom is -0.496 e. The van der Waals surface area contributed by atoms with Gasteiger partial charge in [0.15, 0.2) is 5.78 Å². The Labute approximate surface area is 125 Å². The summed E-state index contributed by atoms with van der Waals surface area (Å²) in [6.07, 6.45) is 0. The van der Waals surface area contributed by atoms with E-state index in [-0.39, 0.29) is 5.78 Å². The lowest BCUT2D eigenvalue weighted by atomic mass is 10.1. The average molecular weight is 337 g/mol. The molecule has 2 aromatic carbocycles. The second-order valence-electron chi connectivity index (χ2n) is 3.95. The highest BCUT2D eigenvalue weighted by Gasteiger charge is 2.11. The maximum Gasteiger partial charge on any atom is 0.160 e. The van der Waals surface area contributed by atoms with E-state index in [1.807, 2.05) is 42.5 Å². The van der Waals surface area contributed by atoms with Crippen LogP contribution in [0.25, 0.3) is 0 Å². The molecular formula is C15H13BrO2S. The highest BCUT2D eigenvalue weighted by Crippen LogP contribution is 2.37. The number of ketones is 1. The second kappa shape index (κ2) is 6.26. The summed E-state index contributed by atoms with van der Waals surface area (Å²) in [5.74, 6) is 0.864. The van der Waals surface area contributed by atoms with Crippen molar-refractivity contribution in [3.63, 3.8) is 0 Å². The predicted octanol–water partition coefficient (Wildman–Crippen LogP) is 4.81. The van der Waals surface area contributed by atoms with E-state index in [2.05, 4.69) is 15.9 Å². The van der Waals surface area contributed by atoms with E-state index in [0.29, 0.717) is 5.56 Å². The average Bonchev–Trinajstić information content (AvgIpc) is 2.41. The minimum absolute atomic E-state index is 0.0543. The molecule has 2 nitrogen and oxygen atoms in total. The van der Waals surface area contributed by atoms with Gasteiger partial charge in [-0.15, -0.1) is 0 Å². The maximum absolute atomic E-state index is 11.7. The zero-order valence-electron chi connectivity index (χ0n) is 10.6. The highest BCUT2D eigenvalue weighted by atomic mass is 79.9. The van der Waals surface area contributed by atoms with Crippen molar-refractivity contribution >= 4 is 33.5 Å². The normalized spacial score (nSPS) is 10.3. The van der Waals surface area contributed by atoms with Gasteiger partial charge in [0.05, 0.1) is 12.0 Å². The first kappa shape index (κ1) is 14.2. The Balaban J connectivity index is 2.41. The van der Waals surface area contributed by atoms with Gasteiger partial charge in [0.2, 0.25) is 0 Å². The van der Waals surface area contributed by atoms with E-state index >= 15 is 0 Å². The van der Waals surface area contributed by atoms with E-state index in [9.17, 15) is 4.79 Å². The molecule has 0 unspecified atom stereocenters. The van der Waals surface area contributed by atoms with Crippen LogP contribution < -0.4 is 4.74 Å². The summed E-state index contributed by atoms with van der Waals surface area (Å²) in [6, 6.07) is 13.5. The third-order valence-corrected chi connectivity index (χ3v) is 4.24. The summed E-state index contributed by atoms with van der Waals surface area (Å²) >= 11 is 4.93. The van der Waals surface area contributed by atoms with Gasteiger partial charge in [-0.05, 0) is 37.3 Å². The van der Waals surface area contributed by atoms with Gasteiger partial charge in [-0.1, -0.05) is 39.8 Å². The molecule has 19 heavy (non-hydrogen) atoms. The molecule has 0 aliphatic heterocycles. The van der Waals surface area contributed by atoms with Gasteiger partial charge in [-0.3, -0.25) is 4.79 Å². The van der Waals surface area contributed by atoms with Crippen molar-refractivity contribution in [3.8, 4) is 5.75 Å². The number of rotatable bonds is 4. The van der Waals surface area contributed by atoms with Crippen molar-refractivity contribution in [1.82, 2.24) is 0 Å². The van der Waals surface area contributed by atoms with Crippen LogP contribution in [0.4, 0.5) is 0 Å². The van der Waals surface area contributed by atoms with Crippen molar-refractivity contribution in [3.05, 3.63) is 52.5 Å². The maximum atomic E-state index is 11.7. The first-order chi connectivity index (χ1) is 9.11. The molecule has 0 aliphatic carbocycles. The van der Waals surface area contributed by atoms with E-state index in [0.717, 1.165) is 20.0 Å². The Morgan fingerprint density at radius 1 is 1.16 bits per heavy atom. The van der Waals surface area contributed by atoms with Crippen LogP contribution >= 0.6 is 27.7 Å². The number of ether oxygens (including phenoxy) is 1. The van der Waals surface area contributed by atoms with Crippen molar-refractivity contribution in [2.75, 3.05) is 7.11 Å². The van der Waals surface area contributed by atoms with E-state index < -0.39 is 0 Å². The zero-order valence-corrected chi connectivity index (χ0v) is 13.0. The van der Waals surface area contributed by atoms with E-state index in [1.54, 1.807) is 14.0 Å². The van der Waals surface area contributed by atoms with Crippen LogP contribution in [0.15, 0.2) is 56.7 Å². The number of halogens is 1. The van der Waals surface area contributed by atoms with Gasteiger partial charge in [-0.2, -0.15) is 0 Å². The molecule has 0 radical (unpaired) electrons. The minimum atomic E-state index is 0.0543. The molecule has 0 amide bonds. The Morgan fingerprint density at radius 2 is 1.89 bits per heavy atom. The van der Waals surface area contributed by atoms with Crippen molar-refractivity contribution in [2.45, 2.75) is 16.7 Å². The number of hydrogen-bond donors (Lipinski definition) is 0. The molecule has 0 N–H and O–H groups in total. The van der Waals surface area contributed by atoms with Crippen LogP contribution in [0.3, 0.4) is 0 Å². The molecule has 0 aromatic heterocycles. The first-order valence-corrected chi connectivity index (χ1v) is 7.34. The summed E-state index contributed by atoms with van der Waals surface area (Å²) in [6.45, 7) is 1.58. The Kier molecular flexibility index (Phi) is 4.66. The second-order valence-corrected chi connectivity index (χ2v) is 5.95. The summed E-state index contributed by atoms with van der Waals surface area (Å²) in [7, 11) is 1.65. The van der Waals surface area contributed by atoms with E-state index in [4.69, 9.17) is 4.74 Å². The molecule has 0 fully saturated rings. The molecule has 0 heterocycles. The number of carbonyl (C=O) groups is 1. The number of Topliss-reactive ketones (excluding diaryl/α,β-unsaturated/α-hetero) is 1. The number of carbonyl (C=O) groups excluding carboxylic acids is 1. The lowest BCUT2D eigenvalue weighted by Crippen LogP contribution is -1.95. The van der Waals surface area contributed by atoms with Crippen molar-refractivity contribution in [1.29, 1.82) is 0 Å². The first-order valence-electron chi connectivity index (χ1n) is 5.73.